The predicted molar refractivity (Wildman–Crippen MR) is 127 cm³/mol. The Morgan fingerprint density at radius 2 is 1.85 bits per heavy atom. The highest BCUT2D eigenvalue weighted by molar-refractivity contribution is 5.95. The number of ether oxygens (including phenoxy) is 1. The van der Waals surface area contributed by atoms with Crippen molar-refractivity contribution in [2.45, 2.75) is 57.9 Å². The van der Waals surface area contributed by atoms with E-state index in [9.17, 15) is 9.59 Å². The number of anilines is 1. The first-order valence-electron chi connectivity index (χ1n) is 12.6. The van der Waals surface area contributed by atoms with Gasteiger partial charge in [-0.1, -0.05) is 12.1 Å². The molecular formula is C27H32N4O3. The Labute approximate surface area is 200 Å². The van der Waals surface area contributed by atoms with Crippen LogP contribution in [-0.4, -0.2) is 40.3 Å². The Morgan fingerprint density at radius 1 is 1.12 bits per heavy atom. The van der Waals surface area contributed by atoms with E-state index in [1.165, 1.54) is 25.6 Å². The second-order valence-electron chi connectivity index (χ2n) is 10.9. The van der Waals surface area contributed by atoms with Gasteiger partial charge in [-0.05, 0) is 80.4 Å². The number of amides is 2. The van der Waals surface area contributed by atoms with Crippen molar-refractivity contribution in [1.82, 2.24) is 14.9 Å². The van der Waals surface area contributed by atoms with E-state index in [0.717, 1.165) is 59.6 Å². The van der Waals surface area contributed by atoms with Gasteiger partial charge in [-0.3, -0.25) is 9.59 Å². The zero-order valence-corrected chi connectivity index (χ0v) is 19.8. The van der Waals surface area contributed by atoms with Gasteiger partial charge in [-0.15, -0.1) is 0 Å². The Morgan fingerprint density at radius 3 is 2.56 bits per heavy atom. The zero-order chi connectivity index (χ0) is 23.3. The minimum absolute atomic E-state index is 0.0664. The number of hydrogen-bond donors (Lipinski definition) is 1. The van der Waals surface area contributed by atoms with Gasteiger partial charge < -0.3 is 15.0 Å². The number of benzene rings is 1. The second kappa shape index (κ2) is 8.36. The summed E-state index contributed by atoms with van der Waals surface area (Å²) >= 11 is 0. The Hall–Kier alpha value is -2.96. The molecule has 34 heavy (non-hydrogen) atoms. The van der Waals surface area contributed by atoms with Crippen LogP contribution >= 0.6 is 0 Å². The third-order valence-electron chi connectivity index (χ3n) is 8.60. The van der Waals surface area contributed by atoms with Crippen LogP contribution in [0.4, 0.5) is 5.82 Å². The highest BCUT2D eigenvalue weighted by Crippen LogP contribution is 2.60. The number of hydrogen-bond acceptors (Lipinski definition) is 5. The molecule has 0 radical (unpaired) electrons. The van der Waals surface area contributed by atoms with E-state index in [1.807, 2.05) is 29.2 Å². The fourth-order valence-corrected chi connectivity index (χ4v) is 7.37. The molecule has 4 bridgehead atoms. The van der Waals surface area contributed by atoms with E-state index >= 15 is 0 Å². The quantitative estimate of drug-likeness (QED) is 0.734. The Kier molecular flexibility index (Phi) is 5.30. The molecule has 7 nitrogen and oxygen atoms in total. The molecule has 2 amide bonds. The Bertz CT molecular complexity index is 1100. The molecule has 178 valence electrons. The molecule has 1 N–H and O–H groups in total. The van der Waals surface area contributed by atoms with Crippen LogP contribution in [0, 0.1) is 23.2 Å². The lowest BCUT2D eigenvalue weighted by Gasteiger charge is -2.55. The molecule has 4 aliphatic carbocycles. The molecule has 7 heteroatoms. The van der Waals surface area contributed by atoms with Gasteiger partial charge in [0.05, 0.1) is 31.2 Å². The summed E-state index contributed by atoms with van der Waals surface area (Å²) in [6.45, 7) is 1.05. The third kappa shape index (κ3) is 3.85. The van der Waals surface area contributed by atoms with Gasteiger partial charge in [0.2, 0.25) is 11.8 Å². The van der Waals surface area contributed by atoms with E-state index in [1.54, 1.807) is 7.11 Å². The summed E-state index contributed by atoms with van der Waals surface area (Å²) in [7, 11) is 1.63. The molecule has 0 unspecified atom stereocenters. The molecule has 0 atom stereocenters. The lowest BCUT2D eigenvalue weighted by molar-refractivity contribution is -0.140. The lowest BCUT2D eigenvalue weighted by atomic mass is 9.49. The third-order valence-corrected chi connectivity index (χ3v) is 8.60. The number of rotatable bonds is 5. The fraction of sp³-hybridized carbons (Fsp3) is 0.556. The Balaban J connectivity index is 1.15. The normalized spacial score (nSPS) is 29.0. The number of nitrogens with zero attached hydrogens (tertiary/aromatic N) is 3. The molecule has 5 aliphatic rings. The molecule has 7 rings (SSSR count). The largest absolute Gasteiger partial charge is 0.497 e. The van der Waals surface area contributed by atoms with Crippen molar-refractivity contribution in [2.75, 3.05) is 19.0 Å². The number of carbonyl (C=O) groups excluding carboxylic acids is 2. The van der Waals surface area contributed by atoms with Crippen molar-refractivity contribution in [1.29, 1.82) is 0 Å². The summed E-state index contributed by atoms with van der Waals surface area (Å²) in [6.07, 6.45) is 9.53. The maximum atomic E-state index is 13.5. The monoisotopic (exact) mass is 460 g/mol. The van der Waals surface area contributed by atoms with Crippen molar-refractivity contribution in [3.05, 3.63) is 47.4 Å². The van der Waals surface area contributed by atoms with Gasteiger partial charge in [0.1, 0.15) is 17.9 Å². The van der Waals surface area contributed by atoms with Crippen molar-refractivity contribution in [2.24, 2.45) is 23.2 Å². The van der Waals surface area contributed by atoms with Crippen LogP contribution in [0.25, 0.3) is 0 Å². The van der Waals surface area contributed by atoms with Gasteiger partial charge in [0, 0.05) is 12.1 Å². The van der Waals surface area contributed by atoms with Crippen LogP contribution in [-0.2, 0) is 29.0 Å². The number of fused-ring (bicyclic) bond motifs is 1. The van der Waals surface area contributed by atoms with E-state index in [0.29, 0.717) is 31.7 Å². The molecule has 0 spiro atoms. The SMILES string of the molecule is COc1cccc(CC(=O)N2CCc3c(ncnc3NC(=O)C34CC5CC(CC(C5)C3)C4)C2)c1. The summed E-state index contributed by atoms with van der Waals surface area (Å²) in [5.74, 6) is 3.79. The molecule has 1 aliphatic heterocycles. The average molecular weight is 461 g/mol. The first-order valence-corrected chi connectivity index (χ1v) is 12.6. The van der Waals surface area contributed by atoms with Gasteiger partial charge in [0.25, 0.3) is 0 Å². The van der Waals surface area contributed by atoms with Crippen LogP contribution in [0.15, 0.2) is 30.6 Å². The predicted octanol–water partition coefficient (Wildman–Crippen LogP) is 3.77. The highest BCUT2D eigenvalue weighted by atomic mass is 16.5. The number of aromatic nitrogens is 2. The number of methoxy groups -OCH3 is 1. The van der Waals surface area contributed by atoms with Crippen molar-refractivity contribution < 1.29 is 14.3 Å². The molecule has 0 saturated heterocycles. The van der Waals surface area contributed by atoms with Crippen molar-refractivity contribution >= 4 is 17.6 Å². The van der Waals surface area contributed by atoms with Crippen molar-refractivity contribution in [3.63, 3.8) is 0 Å². The average Bonchev–Trinajstić information content (AvgIpc) is 2.83. The van der Waals surface area contributed by atoms with Gasteiger partial charge in [0.15, 0.2) is 0 Å². The van der Waals surface area contributed by atoms with Gasteiger partial charge in [-0.25, -0.2) is 9.97 Å². The lowest BCUT2D eigenvalue weighted by Crippen LogP contribution is -2.52. The fourth-order valence-electron chi connectivity index (χ4n) is 7.37. The number of carbonyl (C=O) groups is 2. The van der Waals surface area contributed by atoms with Gasteiger partial charge in [-0.2, -0.15) is 0 Å². The van der Waals surface area contributed by atoms with Crippen LogP contribution in [0.3, 0.4) is 0 Å². The molecule has 2 heterocycles. The van der Waals surface area contributed by atoms with Crippen LogP contribution in [0.2, 0.25) is 0 Å². The minimum Gasteiger partial charge on any atom is -0.497 e. The van der Waals surface area contributed by atoms with Crippen LogP contribution < -0.4 is 10.1 Å². The van der Waals surface area contributed by atoms with E-state index in [2.05, 4.69) is 15.3 Å². The summed E-state index contributed by atoms with van der Waals surface area (Å²) in [5.41, 5.74) is 2.54. The molecule has 1 aromatic carbocycles. The van der Waals surface area contributed by atoms with Crippen LogP contribution in [0.1, 0.15) is 55.3 Å². The molecular weight excluding hydrogens is 428 g/mol. The standard InChI is InChI=1S/C27H32N4O3/c1-34-21-4-2-3-17(10-21)11-24(32)31-6-5-22-23(15-31)28-16-29-25(22)30-26(33)27-12-18-7-19(13-27)9-20(8-18)14-27/h2-4,10,16,18-20H,5-9,11-15H2,1H3,(H,28,29,30,33). The highest BCUT2D eigenvalue weighted by Gasteiger charge is 2.54. The first-order chi connectivity index (χ1) is 16.5. The summed E-state index contributed by atoms with van der Waals surface area (Å²) in [6, 6.07) is 7.62. The van der Waals surface area contributed by atoms with Crippen molar-refractivity contribution in [3.8, 4) is 5.75 Å². The minimum atomic E-state index is -0.208. The maximum Gasteiger partial charge on any atom is 0.231 e. The summed E-state index contributed by atoms with van der Waals surface area (Å²) < 4.78 is 5.27. The van der Waals surface area contributed by atoms with Crippen LogP contribution in [0.5, 0.6) is 5.75 Å². The summed E-state index contributed by atoms with van der Waals surface area (Å²) in [5, 5.41) is 3.22. The second-order valence-corrected chi connectivity index (χ2v) is 10.9. The molecule has 2 aromatic rings. The summed E-state index contributed by atoms with van der Waals surface area (Å²) in [4.78, 5) is 37.3. The van der Waals surface area contributed by atoms with Gasteiger partial charge >= 0.3 is 0 Å². The number of nitrogens with one attached hydrogen (secondary N) is 1. The molecule has 4 fully saturated rings. The first kappa shape index (κ1) is 21.6. The molecule has 4 saturated carbocycles. The van der Waals surface area contributed by atoms with E-state index < -0.39 is 0 Å². The van der Waals surface area contributed by atoms with E-state index in [-0.39, 0.29) is 17.2 Å². The topological polar surface area (TPSA) is 84.4 Å². The van der Waals surface area contributed by atoms with E-state index in [4.69, 9.17) is 4.74 Å². The zero-order valence-electron chi connectivity index (χ0n) is 19.8. The smallest absolute Gasteiger partial charge is 0.231 e. The maximum absolute atomic E-state index is 13.5. The molecule has 1 aromatic heterocycles.